The van der Waals surface area contributed by atoms with E-state index in [9.17, 15) is 9.50 Å². The van der Waals surface area contributed by atoms with Crippen molar-refractivity contribution in [2.24, 2.45) is 5.92 Å². The van der Waals surface area contributed by atoms with Crippen LogP contribution in [-0.4, -0.2) is 18.2 Å². The van der Waals surface area contributed by atoms with E-state index in [0.717, 1.165) is 31.8 Å². The van der Waals surface area contributed by atoms with Crippen molar-refractivity contribution < 1.29 is 9.50 Å². The Morgan fingerprint density at radius 3 is 2.56 bits per heavy atom. The molecule has 2 nitrogen and oxygen atoms in total. The van der Waals surface area contributed by atoms with Crippen LogP contribution in [0.2, 0.25) is 0 Å². The average molecular weight is 251 g/mol. The lowest BCUT2D eigenvalue weighted by atomic mass is 9.94. The number of aliphatic hydroxyl groups excluding tert-OH is 1. The SMILES string of the molecule is CCC1CCN(c2ccc(C(C)O)cc2F)CC1. The third-order valence-electron chi connectivity index (χ3n) is 3.99. The minimum Gasteiger partial charge on any atom is -0.389 e. The monoisotopic (exact) mass is 251 g/mol. The van der Waals surface area contributed by atoms with Crippen LogP contribution in [0, 0.1) is 11.7 Å². The van der Waals surface area contributed by atoms with Crippen LogP contribution in [0.25, 0.3) is 0 Å². The average Bonchev–Trinajstić information content (AvgIpc) is 2.38. The van der Waals surface area contributed by atoms with Gasteiger partial charge in [-0.1, -0.05) is 19.4 Å². The molecule has 100 valence electrons. The summed E-state index contributed by atoms with van der Waals surface area (Å²) in [7, 11) is 0. The third kappa shape index (κ3) is 2.83. The first-order valence-corrected chi connectivity index (χ1v) is 6.84. The molecule has 0 aliphatic carbocycles. The molecule has 2 rings (SSSR count). The van der Waals surface area contributed by atoms with Gasteiger partial charge in [0, 0.05) is 13.1 Å². The van der Waals surface area contributed by atoms with Gasteiger partial charge in [-0.05, 0) is 43.4 Å². The van der Waals surface area contributed by atoms with Crippen molar-refractivity contribution in [2.75, 3.05) is 18.0 Å². The van der Waals surface area contributed by atoms with E-state index in [1.165, 1.54) is 12.5 Å². The maximum absolute atomic E-state index is 14.0. The van der Waals surface area contributed by atoms with Crippen LogP contribution in [0.5, 0.6) is 0 Å². The molecule has 18 heavy (non-hydrogen) atoms. The summed E-state index contributed by atoms with van der Waals surface area (Å²) in [6.07, 6.45) is 2.90. The smallest absolute Gasteiger partial charge is 0.146 e. The molecule has 0 aromatic heterocycles. The summed E-state index contributed by atoms with van der Waals surface area (Å²) in [6.45, 7) is 5.74. The Labute approximate surface area is 108 Å². The topological polar surface area (TPSA) is 23.5 Å². The van der Waals surface area contributed by atoms with E-state index in [2.05, 4.69) is 11.8 Å². The largest absolute Gasteiger partial charge is 0.389 e. The fourth-order valence-corrected chi connectivity index (χ4v) is 2.62. The fraction of sp³-hybridized carbons (Fsp3) is 0.600. The summed E-state index contributed by atoms with van der Waals surface area (Å²) in [5.74, 6) is 0.574. The molecule has 0 spiro atoms. The predicted molar refractivity (Wildman–Crippen MR) is 72.3 cm³/mol. The number of benzene rings is 1. The van der Waals surface area contributed by atoms with Gasteiger partial charge < -0.3 is 10.0 Å². The Morgan fingerprint density at radius 1 is 1.39 bits per heavy atom. The van der Waals surface area contributed by atoms with E-state index in [0.29, 0.717) is 11.3 Å². The molecule has 1 saturated heterocycles. The first kappa shape index (κ1) is 13.3. The lowest BCUT2D eigenvalue weighted by molar-refractivity contribution is 0.199. The zero-order valence-electron chi connectivity index (χ0n) is 11.2. The van der Waals surface area contributed by atoms with Crippen LogP contribution in [0.3, 0.4) is 0 Å². The van der Waals surface area contributed by atoms with Crippen molar-refractivity contribution in [1.82, 2.24) is 0 Å². The molecule has 1 aliphatic rings. The molecule has 1 fully saturated rings. The van der Waals surface area contributed by atoms with Gasteiger partial charge in [0.1, 0.15) is 5.82 Å². The number of hydrogen-bond donors (Lipinski definition) is 1. The molecular formula is C15H22FNO. The van der Waals surface area contributed by atoms with E-state index in [4.69, 9.17) is 0 Å². The molecular weight excluding hydrogens is 229 g/mol. The van der Waals surface area contributed by atoms with Crippen LogP contribution in [0.4, 0.5) is 10.1 Å². The lowest BCUT2D eigenvalue weighted by Crippen LogP contribution is -2.34. The van der Waals surface area contributed by atoms with Crippen molar-refractivity contribution in [2.45, 2.75) is 39.2 Å². The minimum absolute atomic E-state index is 0.219. The first-order chi connectivity index (χ1) is 8.61. The minimum atomic E-state index is -0.612. The Bertz CT molecular complexity index is 397. The quantitative estimate of drug-likeness (QED) is 0.888. The van der Waals surface area contributed by atoms with Gasteiger partial charge in [0.2, 0.25) is 0 Å². The van der Waals surface area contributed by atoms with Crippen LogP contribution in [0.15, 0.2) is 18.2 Å². The van der Waals surface area contributed by atoms with Gasteiger partial charge in [-0.15, -0.1) is 0 Å². The van der Waals surface area contributed by atoms with Crippen LogP contribution in [0.1, 0.15) is 44.8 Å². The highest BCUT2D eigenvalue weighted by atomic mass is 19.1. The number of piperidine rings is 1. The molecule has 1 aromatic rings. The zero-order valence-corrected chi connectivity index (χ0v) is 11.2. The van der Waals surface area contributed by atoms with Crippen molar-refractivity contribution in [1.29, 1.82) is 0 Å². The predicted octanol–water partition coefficient (Wildman–Crippen LogP) is 3.51. The summed E-state index contributed by atoms with van der Waals surface area (Å²) in [4.78, 5) is 2.12. The number of aliphatic hydroxyl groups is 1. The molecule has 1 aromatic carbocycles. The highest BCUT2D eigenvalue weighted by Gasteiger charge is 2.20. The highest BCUT2D eigenvalue weighted by molar-refractivity contribution is 5.49. The Kier molecular flexibility index (Phi) is 4.23. The van der Waals surface area contributed by atoms with Gasteiger partial charge in [-0.25, -0.2) is 4.39 Å². The van der Waals surface area contributed by atoms with Gasteiger partial charge in [0.15, 0.2) is 0 Å². The second-order valence-corrected chi connectivity index (χ2v) is 5.23. The normalized spacial score (nSPS) is 19.0. The fourth-order valence-electron chi connectivity index (χ4n) is 2.62. The third-order valence-corrected chi connectivity index (χ3v) is 3.99. The summed E-state index contributed by atoms with van der Waals surface area (Å²) in [6, 6.07) is 5.06. The van der Waals surface area contributed by atoms with E-state index in [-0.39, 0.29) is 5.82 Å². The second kappa shape index (κ2) is 5.70. The zero-order chi connectivity index (χ0) is 13.1. The van der Waals surface area contributed by atoms with Gasteiger partial charge in [-0.2, -0.15) is 0 Å². The van der Waals surface area contributed by atoms with Gasteiger partial charge in [0.05, 0.1) is 11.8 Å². The molecule has 1 aliphatic heterocycles. The number of rotatable bonds is 3. The molecule has 3 heteroatoms. The Morgan fingerprint density at radius 2 is 2.06 bits per heavy atom. The maximum Gasteiger partial charge on any atom is 0.146 e. The Hall–Kier alpha value is -1.09. The molecule has 1 heterocycles. The standard InChI is InChI=1S/C15H22FNO/c1-3-12-6-8-17(9-7-12)15-5-4-13(11(2)18)10-14(15)16/h4-5,10-12,18H,3,6-9H2,1-2H3. The molecule has 0 amide bonds. The highest BCUT2D eigenvalue weighted by Crippen LogP contribution is 2.28. The van der Waals surface area contributed by atoms with Crippen LogP contribution >= 0.6 is 0 Å². The van der Waals surface area contributed by atoms with Gasteiger partial charge in [0.25, 0.3) is 0 Å². The molecule has 0 bridgehead atoms. The number of halogens is 1. The number of nitrogens with zero attached hydrogens (tertiary/aromatic N) is 1. The summed E-state index contributed by atoms with van der Waals surface area (Å²) in [5, 5.41) is 9.44. The summed E-state index contributed by atoms with van der Waals surface area (Å²) in [5.41, 5.74) is 1.31. The first-order valence-electron chi connectivity index (χ1n) is 6.84. The molecule has 0 radical (unpaired) electrons. The van der Waals surface area contributed by atoms with E-state index in [1.807, 2.05) is 6.07 Å². The van der Waals surface area contributed by atoms with Crippen molar-refractivity contribution in [3.05, 3.63) is 29.6 Å². The summed E-state index contributed by atoms with van der Waals surface area (Å²) < 4.78 is 14.0. The Balaban J connectivity index is 2.10. The van der Waals surface area contributed by atoms with Crippen molar-refractivity contribution in [3.8, 4) is 0 Å². The number of hydrogen-bond acceptors (Lipinski definition) is 2. The molecule has 1 unspecified atom stereocenters. The van der Waals surface area contributed by atoms with E-state index < -0.39 is 6.10 Å². The molecule has 0 saturated carbocycles. The van der Waals surface area contributed by atoms with Crippen LogP contribution in [-0.2, 0) is 0 Å². The second-order valence-electron chi connectivity index (χ2n) is 5.23. The van der Waals surface area contributed by atoms with Crippen molar-refractivity contribution >= 4 is 5.69 Å². The maximum atomic E-state index is 14.0. The lowest BCUT2D eigenvalue weighted by Gasteiger charge is -2.33. The van der Waals surface area contributed by atoms with Gasteiger partial charge >= 0.3 is 0 Å². The molecule has 1 atom stereocenters. The van der Waals surface area contributed by atoms with E-state index >= 15 is 0 Å². The number of anilines is 1. The van der Waals surface area contributed by atoms with E-state index in [1.54, 1.807) is 13.0 Å². The van der Waals surface area contributed by atoms with Crippen molar-refractivity contribution in [3.63, 3.8) is 0 Å². The van der Waals surface area contributed by atoms with Crippen LogP contribution < -0.4 is 4.90 Å². The molecule has 1 N–H and O–H groups in total. The van der Waals surface area contributed by atoms with Gasteiger partial charge in [-0.3, -0.25) is 0 Å². The summed E-state index contributed by atoms with van der Waals surface area (Å²) >= 11 is 0.